The molecule has 0 bridgehead atoms. The minimum Gasteiger partial charge on any atom is -0.458 e. The van der Waals surface area contributed by atoms with Crippen molar-refractivity contribution in [2.75, 3.05) is 13.6 Å². The Morgan fingerprint density at radius 2 is 1.96 bits per heavy atom. The molecule has 0 fully saturated rings. The number of esters is 1. The van der Waals surface area contributed by atoms with Crippen LogP contribution in [-0.2, 0) is 33.7 Å². The van der Waals surface area contributed by atoms with Gasteiger partial charge in [-0.05, 0) is 40.0 Å². The summed E-state index contributed by atoms with van der Waals surface area (Å²) in [5.74, 6) is 0.388. The van der Waals surface area contributed by atoms with Gasteiger partial charge in [0, 0.05) is 19.0 Å². The number of amides is 1. The molecule has 0 radical (unpaired) electrons. The third-order valence-corrected chi connectivity index (χ3v) is 3.47. The van der Waals surface area contributed by atoms with E-state index in [0.717, 1.165) is 37.0 Å². The number of fused-ring (bicyclic) bond motifs is 1. The molecular formula is C16H24N2O5. The van der Waals surface area contributed by atoms with Crippen LogP contribution < -0.4 is 0 Å². The second-order valence-corrected chi connectivity index (χ2v) is 6.74. The lowest BCUT2D eigenvalue weighted by atomic mass is 9.97. The van der Waals surface area contributed by atoms with Crippen LogP contribution in [0.3, 0.4) is 0 Å². The van der Waals surface area contributed by atoms with Crippen molar-refractivity contribution in [3.05, 3.63) is 17.0 Å². The Kier molecular flexibility index (Phi) is 5.28. The van der Waals surface area contributed by atoms with Gasteiger partial charge in [-0.25, -0.2) is 4.79 Å². The minimum absolute atomic E-state index is 0.0693. The van der Waals surface area contributed by atoms with Crippen LogP contribution in [0, 0.1) is 0 Å². The van der Waals surface area contributed by atoms with Crippen LogP contribution >= 0.6 is 0 Å². The number of rotatable bonds is 4. The number of aromatic nitrogens is 1. The second-order valence-electron chi connectivity index (χ2n) is 6.74. The summed E-state index contributed by atoms with van der Waals surface area (Å²) in [6.45, 7) is 5.20. The smallest absolute Gasteiger partial charge is 0.410 e. The fourth-order valence-electron chi connectivity index (χ4n) is 2.35. The summed E-state index contributed by atoms with van der Waals surface area (Å²) in [5, 5.41) is 3.98. The van der Waals surface area contributed by atoms with E-state index in [1.165, 1.54) is 11.9 Å². The van der Waals surface area contributed by atoms with Crippen molar-refractivity contribution in [1.29, 1.82) is 0 Å². The first-order valence-corrected chi connectivity index (χ1v) is 7.82. The fraction of sp³-hybridized carbons (Fsp3) is 0.688. The summed E-state index contributed by atoms with van der Waals surface area (Å²) >= 11 is 0. The van der Waals surface area contributed by atoms with Crippen LogP contribution in [0.2, 0.25) is 0 Å². The van der Waals surface area contributed by atoms with Crippen molar-refractivity contribution >= 4 is 12.1 Å². The molecule has 1 aliphatic rings. The number of ether oxygens (including phenoxy) is 2. The van der Waals surface area contributed by atoms with E-state index in [4.69, 9.17) is 14.0 Å². The van der Waals surface area contributed by atoms with E-state index < -0.39 is 17.7 Å². The fourth-order valence-corrected chi connectivity index (χ4v) is 2.35. The van der Waals surface area contributed by atoms with Gasteiger partial charge in [0.15, 0.2) is 0 Å². The Labute approximate surface area is 135 Å². The lowest BCUT2D eigenvalue weighted by Gasteiger charge is -2.24. The zero-order valence-corrected chi connectivity index (χ0v) is 14.2. The van der Waals surface area contributed by atoms with Crippen molar-refractivity contribution < 1.29 is 23.6 Å². The van der Waals surface area contributed by atoms with Crippen molar-refractivity contribution in [2.45, 2.75) is 58.7 Å². The molecule has 23 heavy (non-hydrogen) atoms. The summed E-state index contributed by atoms with van der Waals surface area (Å²) in [5.41, 5.74) is 1.13. The molecule has 0 atom stereocenters. The molecule has 0 spiro atoms. The Balaban J connectivity index is 1.81. The quantitative estimate of drug-likeness (QED) is 0.791. The molecule has 1 aliphatic carbocycles. The molecule has 1 aromatic heterocycles. The van der Waals surface area contributed by atoms with Crippen LogP contribution in [0.15, 0.2) is 4.52 Å². The van der Waals surface area contributed by atoms with Crippen molar-refractivity contribution in [1.82, 2.24) is 10.1 Å². The maximum absolute atomic E-state index is 11.9. The Morgan fingerprint density at radius 3 is 2.65 bits per heavy atom. The molecule has 1 heterocycles. The van der Waals surface area contributed by atoms with Crippen LogP contribution in [0.5, 0.6) is 0 Å². The second kappa shape index (κ2) is 7.02. The maximum Gasteiger partial charge on any atom is 0.410 e. The van der Waals surface area contributed by atoms with E-state index in [0.29, 0.717) is 5.69 Å². The number of carbonyl (C=O) groups excluding carboxylic acids is 2. The predicted octanol–water partition coefficient (Wildman–Crippen LogP) is 2.46. The van der Waals surface area contributed by atoms with Gasteiger partial charge < -0.3 is 18.9 Å². The van der Waals surface area contributed by atoms with Crippen molar-refractivity contribution in [2.24, 2.45) is 0 Å². The predicted molar refractivity (Wildman–Crippen MR) is 81.8 cm³/mol. The molecule has 0 unspecified atom stereocenters. The Morgan fingerprint density at radius 1 is 1.26 bits per heavy atom. The number of hydrogen-bond acceptors (Lipinski definition) is 6. The molecule has 0 N–H and O–H groups in total. The molecule has 2 rings (SSSR count). The van der Waals surface area contributed by atoms with Gasteiger partial charge in [0.05, 0.1) is 0 Å². The molecular weight excluding hydrogens is 300 g/mol. The molecule has 0 aliphatic heterocycles. The highest BCUT2D eigenvalue weighted by Crippen LogP contribution is 2.24. The minimum atomic E-state index is -0.602. The number of hydrogen-bond donors (Lipinski definition) is 0. The van der Waals surface area contributed by atoms with E-state index in [1.807, 2.05) is 0 Å². The summed E-state index contributed by atoms with van der Waals surface area (Å²) < 4.78 is 15.6. The molecule has 1 amide bonds. The van der Waals surface area contributed by atoms with Crippen molar-refractivity contribution in [3.63, 3.8) is 0 Å². The number of aryl methyl sites for hydroxylation is 1. The highest BCUT2D eigenvalue weighted by atomic mass is 16.6. The van der Waals surface area contributed by atoms with E-state index in [2.05, 4.69) is 5.16 Å². The lowest BCUT2D eigenvalue weighted by molar-refractivity contribution is -0.146. The summed E-state index contributed by atoms with van der Waals surface area (Å²) in [4.78, 5) is 24.8. The molecule has 0 saturated heterocycles. The first kappa shape index (κ1) is 17.3. The highest BCUT2D eigenvalue weighted by Gasteiger charge is 2.23. The summed E-state index contributed by atoms with van der Waals surface area (Å²) in [6.07, 6.45) is 3.42. The van der Waals surface area contributed by atoms with Crippen molar-refractivity contribution in [3.8, 4) is 0 Å². The maximum atomic E-state index is 11.9. The van der Waals surface area contributed by atoms with Crippen LogP contribution in [-0.4, -0.2) is 41.3 Å². The summed E-state index contributed by atoms with van der Waals surface area (Å²) in [7, 11) is 1.49. The van der Waals surface area contributed by atoms with Gasteiger partial charge in [-0.2, -0.15) is 0 Å². The van der Waals surface area contributed by atoms with E-state index in [1.54, 1.807) is 20.8 Å². The molecule has 7 heteroatoms. The van der Waals surface area contributed by atoms with Gasteiger partial charge in [-0.15, -0.1) is 0 Å². The molecule has 128 valence electrons. The van der Waals surface area contributed by atoms with Crippen LogP contribution in [0.4, 0.5) is 4.79 Å². The van der Waals surface area contributed by atoms with Crippen LogP contribution in [0.25, 0.3) is 0 Å². The molecule has 1 aromatic rings. The Hall–Kier alpha value is -2.05. The first-order chi connectivity index (χ1) is 10.8. The third kappa shape index (κ3) is 4.97. The SMILES string of the molecule is CN(CC(=O)OCc1noc2c1CCCC2)C(=O)OC(C)(C)C. The first-order valence-electron chi connectivity index (χ1n) is 7.82. The zero-order valence-electron chi connectivity index (χ0n) is 14.2. The number of carbonyl (C=O) groups is 2. The average Bonchev–Trinajstić information content (AvgIpc) is 2.86. The van der Waals surface area contributed by atoms with E-state index >= 15 is 0 Å². The van der Waals surface area contributed by atoms with Crippen LogP contribution in [0.1, 0.15) is 50.6 Å². The monoisotopic (exact) mass is 324 g/mol. The lowest BCUT2D eigenvalue weighted by Crippen LogP contribution is -2.37. The normalized spacial score (nSPS) is 14.1. The number of nitrogens with zero attached hydrogens (tertiary/aromatic N) is 2. The van der Waals surface area contributed by atoms with Gasteiger partial charge in [0.1, 0.15) is 30.2 Å². The standard InChI is InChI=1S/C16H24N2O5/c1-16(2,3)22-15(20)18(4)9-14(19)21-10-12-11-7-5-6-8-13(11)23-17-12/h5-10H2,1-4H3. The largest absolute Gasteiger partial charge is 0.458 e. The Bertz CT molecular complexity index is 574. The molecule has 7 nitrogen and oxygen atoms in total. The van der Waals surface area contributed by atoms with Gasteiger partial charge in [0.2, 0.25) is 0 Å². The van der Waals surface area contributed by atoms with E-state index in [-0.39, 0.29) is 13.2 Å². The summed E-state index contributed by atoms with van der Waals surface area (Å²) in [6, 6.07) is 0. The van der Waals surface area contributed by atoms with Gasteiger partial charge >= 0.3 is 12.1 Å². The van der Waals surface area contributed by atoms with Gasteiger partial charge in [-0.1, -0.05) is 5.16 Å². The number of likely N-dealkylation sites (N-methyl/N-ethyl adjacent to an activating group) is 1. The topological polar surface area (TPSA) is 81.9 Å². The molecule has 0 saturated carbocycles. The average molecular weight is 324 g/mol. The van der Waals surface area contributed by atoms with Gasteiger partial charge in [-0.3, -0.25) is 4.79 Å². The molecule has 0 aromatic carbocycles. The van der Waals surface area contributed by atoms with Gasteiger partial charge in [0.25, 0.3) is 0 Å². The zero-order chi connectivity index (χ0) is 17.0. The highest BCUT2D eigenvalue weighted by molar-refractivity contribution is 5.78. The third-order valence-electron chi connectivity index (χ3n) is 3.47. The van der Waals surface area contributed by atoms with E-state index in [9.17, 15) is 9.59 Å².